The zero-order valence-corrected chi connectivity index (χ0v) is 18.6. The lowest BCUT2D eigenvalue weighted by Crippen LogP contribution is -2.42. The fourth-order valence-electron chi connectivity index (χ4n) is 3.90. The number of rotatable bonds is 9. The summed E-state index contributed by atoms with van der Waals surface area (Å²) in [6.45, 7) is 10.0. The molecule has 1 aliphatic carbocycles. The third-order valence-electron chi connectivity index (χ3n) is 5.75. The van der Waals surface area contributed by atoms with Crippen LogP contribution in [-0.2, 0) is 4.74 Å². The normalized spacial score (nSPS) is 18.6. The predicted octanol–water partition coefficient (Wildman–Crippen LogP) is 3.43. The number of hydrogen-bond acceptors (Lipinski definition) is 4. The molecule has 7 nitrogen and oxygen atoms in total. The Hall–Kier alpha value is -2.44. The molecule has 0 radical (unpaired) electrons. The maximum absolute atomic E-state index is 11.8. The van der Waals surface area contributed by atoms with Crippen LogP contribution in [0.15, 0.2) is 29.3 Å². The highest BCUT2D eigenvalue weighted by Gasteiger charge is 2.32. The van der Waals surface area contributed by atoms with Crippen LogP contribution in [0.1, 0.15) is 58.1 Å². The number of anilines is 1. The Balaban J connectivity index is 1.62. The molecule has 0 spiro atoms. The number of nitrogens with one attached hydrogen (secondary N) is 3. The Bertz CT molecular complexity index is 713. The molecule has 1 heterocycles. The smallest absolute Gasteiger partial charge is 0.407 e. The Morgan fingerprint density at radius 1 is 1.23 bits per heavy atom. The maximum atomic E-state index is 11.8. The third-order valence-corrected chi connectivity index (χ3v) is 5.75. The summed E-state index contributed by atoms with van der Waals surface area (Å²) in [4.78, 5) is 19.1. The van der Waals surface area contributed by atoms with E-state index in [1.165, 1.54) is 24.1 Å². The van der Waals surface area contributed by atoms with Gasteiger partial charge < -0.3 is 25.6 Å². The summed E-state index contributed by atoms with van der Waals surface area (Å²) < 4.78 is 5.05. The van der Waals surface area contributed by atoms with Crippen LogP contribution in [0.2, 0.25) is 0 Å². The first-order valence-electron chi connectivity index (χ1n) is 11.4. The lowest BCUT2D eigenvalue weighted by molar-refractivity contribution is 0.147. The van der Waals surface area contributed by atoms with Gasteiger partial charge in [0.05, 0.1) is 25.2 Å². The molecule has 2 unspecified atom stereocenters. The van der Waals surface area contributed by atoms with Crippen molar-refractivity contribution in [3.8, 4) is 0 Å². The highest BCUT2D eigenvalue weighted by molar-refractivity contribution is 5.80. The monoisotopic (exact) mass is 415 g/mol. The second-order valence-corrected chi connectivity index (χ2v) is 8.18. The minimum atomic E-state index is -0.352. The largest absolute Gasteiger partial charge is 0.450 e. The van der Waals surface area contributed by atoms with Crippen molar-refractivity contribution in [3.63, 3.8) is 0 Å². The minimum Gasteiger partial charge on any atom is -0.450 e. The third kappa shape index (κ3) is 6.54. The molecule has 0 bridgehead atoms. The summed E-state index contributed by atoms with van der Waals surface area (Å²) in [6, 6.07) is 8.92. The van der Waals surface area contributed by atoms with Crippen LogP contribution in [0.5, 0.6) is 0 Å². The molecule has 1 aromatic rings. The molecule has 30 heavy (non-hydrogen) atoms. The van der Waals surface area contributed by atoms with E-state index in [0.29, 0.717) is 19.1 Å². The molecule has 2 atom stereocenters. The second kappa shape index (κ2) is 11.1. The molecule has 3 N–H and O–H groups in total. The van der Waals surface area contributed by atoms with E-state index in [-0.39, 0.29) is 18.2 Å². The van der Waals surface area contributed by atoms with Crippen molar-refractivity contribution in [1.82, 2.24) is 16.0 Å². The number of carbonyl (C=O) groups is 1. The van der Waals surface area contributed by atoms with Crippen molar-refractivity contribution in [1.29, 1.82) is 0 Å². The summed E-state index contributed by atoms with van der Waals surface area (Å²) in [5.41, 5.74) is 2.54. The fraction of sp³-hybridized carbons (Fsp3) is 0.652. The average molecular weight is 416 g/mol. The SMILES string of the molecule is CCNC(=NCC(NC(=O)OCC)C1CC1)NC(C)c1cccc(N2CCCC2)c1. The summed E-state index contributed by atoms with van der Waals surface area (Å²) in [7, 11) is 0. The van der Waals surface area contributed by atoms with E-state index >= 15 is 0 Å². The maximum Gasteiger partial charge on any atom is 0.407 e. The first-order valence-corrected chi connectivity index (χ1v) is 11.4. The summed E-state index contributed by atoms with van der Waals surface area (Å²) in [6.07, 6.45) is 4.47. The number of nitrogens with zero attached hydrogens (tertiary/aromatic N) is 2. The zero-order valence-electron chi connectivity index (χ0n) is 18.6. The molecule has 7 heteroatoms. The number of alkyl carbamates (subject to hydrolysis) is 1. The van der Waals surface area contributed by atoms with Crippen molar-refractivity contribution in [2.24, 2.45) is 10.9 Å². The highest BCUT2D eigenvalue weighted by atomic mass is 16.5. The topological polar surface area (TPSA) is 78.0 Å². The number of ether oxygens (including phenoxy) is 1. The van der Waals surface area contributed by atoms with Crippen LogP contribution in [0, 0.1) is 5.92 Å². The van der Waals surface area contributed by atoms with Crippen molar-refractivity contribution in [2.45, 2.75) is 58.5 Å². The summed E-state index contributed by atoms with van der Waals surface area (Å²) >= 11 is 0. The molecule has 1 aromatic carbocycles. The Morgan fingerprint density at radius 2 is 2.00 bits per heavy atom. The molecule has 166 valence electrons. The standard InChI is InChI=1S/C23H37N5O2/c1-4-24-22(25-16-21(18-11-12-18)27-23(29)30-5-2)26-17(3)19-9-8-10-20(15-19)28-13-6-7-14-28/h8-10,15,17-18,21H,4-7,11-14,16H2,1-3H3,(H,27,29)(H2,24,25,26). The highest BCUT2D eigenvalue weighted by Crippen LogP contribution is 2.33. The van der Waals surface area contributed by atoms with Crippen LogP contribution >= 0.6 is 0 Å². The van der Waals surface area contributed by atoms with E-state index in [1.54, 1.807) is 0 Å². The van der Waals surface area contributed by atoms with Gasteiger partial charge in [0.15, 0.2) is 5.96 Å². The molecular formula is C23H37N5O2. The minimum absolute atomic E-state index is 0.0216. The molecule has 3 rings (SSSR count). The Kier molecular flexibility index (Phi) is 8.22. The van der Waals surface area contributed by atoms with Gasteiger partial charge in [-0.05, 0) is 70.1 Å². The van der Waals surface area contributed by atoms with Gasteiger partial charge in [-0.3, -0.25) is 4.99 Å². The number of amides is 1. The molecule has 1 aliphatic heterocycles. The number of carbonyl (C=O) groups excluding carboxylic acids is 1. The molecule has 2 fully saturated rings. The van der Waals surface area contributed by atoms with Gasteiger partial charge in [0.25, 0.3) is 0 Å². The fourth-order valence-corrected chi connectivity index (χ4v) is 3.90. The van der Waals surface area contributed by atoms with Gasteiger partial charge in [0, 0.05) is 25.3 Å². The molecule has 1 saturated heterocycles. The summed E-state index contributed by atoms with van der Waals surface area (Å²) in [5.74, 6) is 1.27. The number of benzene rings is 1. The van der Waals surface area contributed by atoms with Crippen LogP contribution < -0.4 is 20.9 Å². The van der Waals surface area contributed by atoms with Crippen molar-refractivity contribution >= 4 is 17.7 Å². The summed E-state index contributed by atoms with van der Waals surface area (Å²) in [5, 5.41) is 9.82. The first-order chi connectivity index (χ1) is 14.6. The number of hydrogen-bond donors (Lipinski definition) is 3. The van der Waals surface area contributed by atoms with E-state index in [2.05, 4.69) is 59.0 Å². The molecule has 0 aromatic heterocycles. The van der Waals surface area contributed by atoms with Gasteiger partial charge in [-0.15, -0.1) is 0 Å². The second-order valence-electron chi connectivity index (χ2n) is 8.18. The van der Waals surface area contributed by atoms with Gasteiger partial charge in [0.2, 0.25) is 0 Å². The van der Waals surface area contributed by atoms with E-state index in [4.69, 9.17) is 9.73 Å². The van der Waals surface area contributed by atoms with Crippen LogP contribution in [0.3, 0.4) is 0 Å². The van der Waals surface area contributed by atoms with E-state index in [0.717, 1.165) is 38.4 Å². The molecule has 2 aliphatic rings. The van der Waals surface area contributed by atoms with E-state index in [9.17, 15) is 4.79 Å². The Morgan fingerprint density at radius 3 is 2.67 bits per heavy atom. The molecular weight excluding hydrogens is 378 g/mol. The first kappa shape index (κ1) is 22.2. The predicted molar refractivity (Wildman–Crippen MR) is 122 cm³/mol. The van der Waals surface area contributed by atoms with Crippen LogP contribution in [-0.4, -0.2) is 50.9 Å². The van der Waals surface area contributed by atoms with Gasteiger partial charge in [-0.1, -0.05) is 12.1 Å². The van der Waals surface area contributed by atoms with Gasteiger partial charge in [-0.25, -0.2) is 4.79 Å². The van der Waals surface area contributed by atoms with E-state index < -0.39 is 0 Å². The lowest BCUT2D eigenvalue weighted by atomic mass is 10.1. The van der Waals surface area contributed by atoms with Crippen molar-refractivity contribution in [2.75, 3.05) is 37.7 Å². The Labute approximate surface area is 180 Å². The number of aliphatic imine (C=N–C) groups is 1. The molecule has 1 saturated carbocycles. The van der Waals surface area contributed by atoms with Crippen LogP contribution in [0.25, 0.3) is 0 Å². The van der Waals surface area contributed by atoms with Crippen molar-refractivity contribution in [3.05, 3.63) is 29.8 Å². The zero-order chi connectivity index (χ0) is 21.3. The van der Waals surface area contributed by atoms with Crippen molar-refractivity contribution < 1.29 is 9.53 Å². The quantitative estimate of drug-likeness (QED) is 0.425. The van der Waals surface area contributed by atoms with Crippen LogP contribution in [0.4, 0.5) is 10.5 Å². The van der Waals surface area contributed by atoms with Gasteiger partial charge in [-0.2, -0.15) is 0 Å². The van der Waals surface area contributed by atoms with Gasteiger partial charge in [0.1, 0.15) is 0 Å². The number of guanidine groups is 1. The van der Waals surface area contributed by atoms with E-state index in [1.807, 2.05) is 6.92 Å². The lowest BCUT2D eigenvalue weighted by Gasteiger charge is -2.22. The molecule has 1 amide bonds. The average Bonchev–Trinajstić information content (AvgIpc) is 3.44. The van der Waals surface area contributed by atoms with Gasteiger partial charge >= 0.3 is 6.09 Å².